The van der Waals surface area contributed by atoms with E-state index in [1.165, 1.54) is 43.2 Å². The monoisotopic (exact) mass is 622 g/mol. The molecule has 0 bridgehead atoms. The van der Waals surface area contributed by atoms with Gasteiger partial charge >= 0.3 is 250 Å². The molecule has 4 aromatic heterocycles. The van der Waals surface area contributed by atoms with Gasteiger partial charge in [0, 0.05) is 0 Å². The summed E-state index contributed by atoms with van der Waals surface area (Å²) in [5, 5.41) is 8.63. The number of hydrogen-bond donors (Lipinski definition) is 0. The van der Waals surface area contributed by atoms with Gasteiger partial charge in [0.05, 0.1) is 0 Å². The summed E-state index contributed by atoms with van der Waals surface area (Å²) in [5.41, 5.74) is 4.28. The van der Waals surface area contributed by atoms with Gasteiger partial charge in [-0.25, -0.2) is 0 Å². The predicted molar refractivity (Wildman–Crippen MR) is 179 cm³/mol. The number of benzene rings is 5. The van der Waals surface area contributed by atoms with Crippen LogP contribution in [0.3, 0.4) is 0 Å². The Morgan fingerprint density at radius 3 is 1.81 bits per heavy atom. The molecule has 0 N–H and O–H groups in total. The number of pyridine rings is 2. The van der Waals surface area contributed by atoms with Gasteiger partial charge in [0.1, 0.15) is 0 Å². The van der Waals surface area contributed by atoms with Crippen molar-refractivity contribution in [2.45, 2.75) is 0 Å². The van der Waals surface area contributed by atoms with E-state index >= 15 is 0 Å². The van der Waals surface area contributed by atoms with Crippen molar-refractivity contribution >= 4 is 91.5 Å². The summed E-state index contributed by atoms with van der Waals surface area (Å²) >= 11 is 3.86. The first-order valence-electron chi connectivity index (χ1n) is 14.0. The third-order valence-electron chi connectivity index (χ3n) is 8.43. The third kappa shape index (κ3) is 3.16. The average molecular weight is 622 g/mol. The molecule has 0 saturated carbocycles. The number of para-hydroxylation sites is 5. The summed E-state index contributed by atoms with van der Waals surface area (Å²) in [6.45, 7) is 0. The van der Waals surface area contributed by atoms with Crippen molar-refractivity contribution in [1.82, 2.24) is 18.7 Å². The van der Waals surface area contributed by atoms with Gasteiger partial charge in [-0.05, 0) is 0 Å². The molecule has 0 amide bonds. The van der Waals surface area contributed by atoms with Crippen LogP contribution in [0.15, 0.2) is 140 Å². The van der Waals surface area contributed by atoms with E-state index in [-0.39, 0.29) is 0 Å². The summed E-state index contributed by atoms with van der Waals surface area (Å²) in [6, 6.07) is 45.8. The molecule has 0 fully saturated rings. The molecule has 9 rings (SSSR count). The molecule has 198 valence electrons. The molecule has 0 aliphatic rings. The molecule has 0 aliphatic heterocycles. The molecular formula is C36H23N4PSe. The fraction of sp³-hybridized carbons (Fsp3) is 0. The van der Waals surface area contributed by atoms with Gasteiger partial charge in [-0.3, -0.25) is 0 Å². The van der Waals surface area contributed by atoms with Crippen LogP contribution in [-0.2, 0) is 0 Å². The van der Waals surface area contributed by atoms with Crippen LogP contribution < -0.4 is 10.6 Å². The number of aromatic nitrogens is 4. The molecule has 0 saturated heterocycles. The molecule has 9 aromatic rings. The van der Waals surface area contributed by atoms with Crippen LogP contribution in [0.25, 0.3) is 60.2 Å². The van der Waals surface area contributed by atoms with Crippen LogP contribution in [0, 0.1) is 0 Å². The van der Waals surface area contributed by atoms with Crippen molar-refractivity contribution in [2.75, 3.05) is 0 Å². The second kappa shape index (κ2) is 8.98. The van der Waals surface area contributed by atoms with Gasteiger partial charge in [-0.2, -0.15) is 0 Å². The van der Waals surface area contributed by atoms with Gasteiger partial charge < -0.3 is 0 Å². The van der Waals surface area contributed by atoms with Crippen LogP contribution in [-0.4, -0.2) is 33.8 Å². The first-order valence-corrected chi connectivity index (χ1v) is 17.9. The SMILES string of the molecule is [Se]=P(c1ccncc1)(c1cccc2c1c1ccccc1n1c3ccccc3nc21)n1c2ccccc2c2ccccc21. The zero-order chi connectivity index (χ0) is 27.8. The van der Waals surface area contributed by atoms with E-state index in [2.05, 4.69) is 156 Å². The van der Waals surface area contributed by atoms with Gasteiger partial charge in [0.25, 0.3) is 0 Å². The zero-order valence-electron chi connectivity index (χ0n) is 22.4. The fourth-order valence-electron chi connectivity index (χ4n) is 6.71. The molecule has 1 atom stereocenters. The fourth-order valence-corrected chi connectivity index (χ4v) is 12.6. The number of imidazole rings is 1. The first-order chi connectivity index (χ1) is 20.7. The zero-order valence-corrected chi connectivity index (χ0v) is 25.0. The number of hydrogen-bond acceptors (Lipinski definition) is 2. The molecule has 5 aromatic carbocycles. The standard InChI is InChI=1S/C36H23N4PSe/c42-41(24-20-22-37-23-21-24,40-31-16-6-1-10-25(31)26-11-2-7-17-32(26)40)34-19-9-13-28-35(34)27-12-3-5-15-30(27)39-33-18-8-4-14-29(33)38-36(28)39/h1-23H. The van der Waals surface area contributed by atoms with E-state index in [1.807, 2.05) is 12.4 Å². The Balaban J connectivity index is 1.54. The van der Waals surface area contributed by atoms with Gasteiger partial charge in [0.2, 0.25) is 0 Å². The topological polar surface area (TPSA) is 35.1 Å². The Morgan fingerprint density at radius 2 is 1.10 bits per heavy atom. The van der Waals surface area contributed by atoms with Crippen molar-refractivity contribution in [1.29, 1.82) is 0 Å². The van der Waals surface area contributed by atoms with Crippen LogP contribution in [0.5, 0.6) is 0 Å². The maximum atomic E-state index is 5.20. The van der Waals surface area contributed by atoms with Crippen molar-refractivity contribution in [3.8, 4) is 0 Å². The van der Waals surface area contributed by atoms with Gasteiger partial charge in [-0.1, -0.05) is 0 Å². The molecule has 1 unspecified atom stereocenters. The summed E-state index contributed by atoms with van der Waals surface area (Å²) in [5.74, 6) is 0. The Labute approximate surface area is 249 Å². The molecule has 0 spiro atoms. The Hall–Kier alpha value is -4.53. The number of rotatable bonds is 3. The molecule has 42 heavy (non-hydrogen) atoms. The number of fused-ring (bicyclic) bond motifs is 11. The van der Waals surface area contributed by atoms with Crippen molar-refractivity contribution in [3.63, 3.8) is 0 Å². The molecule has 6 heteroatoms. The summed E-state index contributed by atoms with van der Waals surface area (Å²) in [4.78, 5) is 9.62. The molecule has 0 radical (unpaired) electrons. The maximum absolute atomic E-state index is 5.20. The summed E-state index contributed by atoms with van der Waals surface area (Å²) in [7, 11) is 0. The first kappa shape index (κ1) is 24.1. The van der Waals surface area contributed by atoms with Crippen LogP contribution in [0.1, 0.15) is 0 Å². The minimum atomic E-state index is -2.42. The van der Waals surface area contributed by atoms with E-state index in [4.69, 9.17) is 4.98 Å². The van der Waals surface area contributed by atoms with Crippen molar-refractivity contribution in [2.24, 2.45) is 0 Å². The second-order valence-corrected chi connectivity index (χ2v) is 16.5. The second-order valence-electron chi connectivity index (χ2n) is 10.6. The van der Waals surface area contributed by atoms with E-state index in [1.54, 1.807) is 0 Å². The quantitative estimate of drug-likeness (QED) is 0.115. The average Bonchev–Trinajstić information content (AvgIpc) is 3.62. The van der Waals surface area contributed by atoms with E-state index in [0.717, 1.165) is 27.6 Å². The van der Waals surface area contributed by atoms with Crippen LogP contribution >= 0.6 is 5.66 Å². The van der Waals surface area contributed by atoms with Crippen LogP contribution in [0.4, 0.5) is 0 Å². The van der Waals surface area contributed by atoms with Gasteiger partial charge in [0.15, 0.2) is 0 Å². The van der Waals surface area contributed by atoms with E-state index < -0.39 is 5.66 Å². The third-order valence-corrected chi connectivity index (χ3v) is 15.0. The van der Waals surface area contributed by atoms with E-state index in [0.29, 0.717) is 0 Å². The Bertz CT molecular complexity index is 2510. The molecule has 0 aliphatic carbocycles. The van der Waals surface area contributed by atoms with Gasteiger partial charge in [-0.15, -0.1) is 0 Å². The van der Waals surface area contributed by atoms with E-state index in [9.17, 15) is 0 Å². The molecular weight excluding hydrogens is 598 g/mol. The van der Waals surface area contributed by atoms with Crippen LogP contribution in [0.2, 0.25) is 0 Å². The molecule has 4 heterocycles. The Kier molecular flexibility index (Phi) is 5.16. The normalized spacial score (nSPS) is 13.5. The summed E-state index contributed by atoms with van der Waals surface area (Å²) < 4.78 is 4.91. The Morgan fingerprint density at radius 1 is 0.524 bits per heavy atom. The minimum absolute atomic E-state index is 0.982. The number of nitrogens with zero attached hydrogens (tertiary/aromatic N) is 4. The van der Waals surface area contributed by atoms with Crippen molar-refractivity contribution in [3.05, 3.63) is 140 Å². The predicted octanol–water partition coefficient (Wildman–Crippen LogP) is 7.81. The van der Waals surface area contributed by atoms with Crippen molar-refractivity contribution < 1.29 is 0 Å². The summed E-state index contributed by atoms with van der Waals surface area (Å²) in [6.07, 6.45) is 3.83. The molecule has 4 nitrogen and oxygen atoms in total.